The van der Waals surface area contributed by atoms with E-state index in [1.54, 1.807) is 11.3 Å². The van der Waals surface area contributed by atoms with E-state index in [1.807, 2.05) is 11.6 Å². The van der Waals surface area contributed by atoms with Crippen LogP contribution in [0.1, 0.15) is 43.5 Å². The molecule has 5 nitrogen and oxygen atoms in total. The quantitative estimate of drug-likeness (QED) is 0.831. The predicted molar refractivity (Wildman–Crippen MR) is 90.9 cm³/mol. The number of nitrogens with zero attached hydrogens (tertiary/aromatic N) is 2. The number of thiazole rings is 1. The highest BCUT2D eigenvalue weighted by atomic mass is 32.1. The van der Waals surface area contributed by atoms with Gasteiger partial charge in [-0.2, -0.15) is 0 Å². The van der Waals surface area contributed by atoms with Crippen LogP contribution in [0.15, 0.2) is 11.6 Å². The molecule has 6 heteroatoms. The second-order valence-corrected chi connectivity index (χ2v) is 8.46. The second-order valence-electron chi connectivity index (χ2n) is 7.49. The molecule has 1 saturated heterocycles. The number of carbonyl (C=O) groups is 1. The van der Waals surface area contributed by atoms with E-state index in [0.717, 1.165) is 24.5 Å². The fourth-order valence-corrected chi connectivity index (χ4v) is 4.70. The summed E-state index contributed by atoms with van der Waals surface area (Å²) < 4.78 is 0. The van der Waals surface area contributed by atoms with Crippen molar-refractivity contribution < 1.29 is 4.79 Å². The number of nitrogens with two attached hydrogens (primary N) is 1. The lowest BCUT2D eigenvalue weighted by Crippen LogP contribution is -2.41. The van der Waals surface area contributed by atoms with E-state index in [2.05, 4.69) is 15.2 Å². The SMILES string of the molecule is NC(CC(=O)N(Cc1nccs1)C1CC12CCNCC2)C1CC1. The van der Waals surface area contributed by atoms with Gasteiger partial charge in [0.15, 0.2) is 0 Å². The van der Waals surface area contributed by atoms with Gasteiger partial charge in [-0.3, -0.25) is 4.79 Å². The molecule has 1 spiro atoms. The third-order valence-electron chi connectivity index (χ3n) is 5.87. The average molecular weight is 334 g/mol. The normalized spacial score (nSPS) is 26.9. The molecule has 1 aromatic rings. The van der Waals surface area contributed by atoms with E-state index in [1.165, 1.54) is 25.7 Å². The minimum absolute atomic E-state index is 0.0454. The zero-order valence-electron chi connectivity index (χ0n) is 13.5. The number of piperidine rings is 1. The van der Waals surface area contributed by atoms with Gasteiger partial charge in [0.05, 0.1) is 6.54 Å². The molecular weight excluding hydrogens is 308 g/mol. The molecule has 1 aliphatic heterocycles. The number of amides is 1. The number of carbonyl (C=O) groups excluding carboxylic acids is 1. The van der Waals surface area contributed by atoms with Gasteiger partial charge in [-0.1, -0.05) is 0 Å². The summed E-state index contributed by atoms with van der Waals surface area (Å²) in [4.78, 5) is 19.4. The summed E-state index contributed by atoms with van der Waals surface area (Å²) in [6.45, 7) is 2.82. The molecule has 3 fully saturated rings. The van der Waals surface area contributed by atoms with Crippen molar-refractivity contribution in [3.63, 3.8) is 0 Å². The van der Waals surface area contributed by atoms with Crippen molar-refractivity contribution >= 4 is 17.2 Å². The van der Waals surface area contributed by atoms with Crippen molar-refractivity contribution in [1.29, 1.82) is 0 Å². The molecule has 4 rings (SSSR count). The molecule has 3 aliphatic rings. The van der Waals surface area contributed by atoms with Crippen LogP contribution in [0.4, 0.5) is 0 Å². The summed E-state index contributed by atoms with van der Waals surface area (Å²) >= 11 is 1.64. The Balaban J connectivity index is 1.46. The van der Waals surface area contributed by atoms with Crippen LogP contribution in [0.25, 0.3) is 0 Å². The Kier molecular flexibility index (Phi) is 4.15. The lowest BCUT2D eigenvalue weighted by Gasteiger charge is -2.30. The first-order chi connectivity index (χ1) is 11.2. The third kappa shape index (κ3) is 3.30. The van der Waals surface area contributed by atoms with Gasteiger partial charge in [-0.25, -0.2) is 4.98 Å². The van der Waals surface area contributed by atoms with Crippen molar-refractivity contribution in [2.24, 2.45) is 17.1 Å². The van der Waals surface area contributed by atoms with Crippen LogP contribution in [0, 0.1) is 11.3 Å². The Morgan fingerprint density at radius 1 is 1.48 bits per heavy atom. The maximum atomic E-state index is 12.9. The summed E-state index contributed by atoms with van der Waals surface area (Å²) in [6.07, 6.45) is 8.25. The molecule has 3 N–H and O–H groups in total. The first kappa shape index (κ1) is 15.5. The average Bonchev–Trinajstić information content (AvgIpc) is 3.45. The Morgan fingerprint density at radius 3 is 2.91 bits per heavy atom. The van der Waals surface area contributed by atoms with E-state index >= 15 is 0 Å². The number of rotatable bonds is 6. The maximum Gasteiger partial charge on any atom is 0.224 e. The van der Waals surface area contributed by atoms with Crippen molar-refractivity contribution in [1.82, 2.24) is 15.2 Å². The van der Waals surface area contributed by atoms with Crippen LogP contribution in [0.3, 0.4) is 0 Å². The minimum atomic E-state index is 0.0454. The zero-order chi connectivity index (χ0) is 15.9. The van der Waals surface area contributed by atoms with E-state index < -0.39 is 0 Å². The second kappa shape index (κ2) is 6.15. The van der Waals surface area contributed by atoms with Gasteiger partial charge in [-0.05, 0) is 56.5 Å². The zero-order valence-corrected chi connectivity index (χ0v) is 14.4. The van der Waals surface area contributed by atoms with Crippen LogP contribution in [0.5, 0.6) is 0 Å². The summed E-state index contributed by atoms with van der Waals surface area (Å²) in [5, 5.41) is 6.46. The monoisotopic (exact) mass is 334 g/mol. The molecule has 2 saturated carbocycles. The largest absolute Gasteiger partial charge is 0.332 e. The molecule has 2 aliphatic carbocycles. The highest BCUT2D eigenvalue weighted by Gasteiger charge is 2.57. The van der Waals surface area contributed by atoms with Crippen LogP contribution in [0.2, 0.25) is 0 Å². The topological polar surface area (TPSA) is 71.2 Å². The summed E-state index contributed by atoms with van der Waals surface area (Å²) in [7, 11) is 0. The molecule has 2 heterocycles. The van der Waals surface area contributed by atoms with E-state index in [-0.39, 0.29) is 11.9 Å². The highest BCUT2D eigenvalue weighted by Crippen LogP contribution is 2.56. The minimum Gasteiger partial charge on any atom is -0.332 e. The molecule has 1 aromatic heterocycles. The van der Waals surface area contributed by atoms with Crippen LogP contribution < -0.4 is 11.1 Å². The van der Waals surface area contributed by atoms with E-state index in [0.29, 0.717) is 30.3 Å². The molecule has 0 bridgehead atoms. The summed E-state index contributed by atoms with van der Waals surface area (Å²) in [6, 6.07) is 0.441. The van der Waals surface area contributed by atoms with Gasteiger partial charge >= 0.3 is 0 Å². The van der Waals surface area contributed by atoms with Crippen molar-refractivity contribution in [2.45, 2.75) is 57.2 Å². The molecule has 23 heavy (non-hydrogen) atoms. The standard InChI is InChI=1S/C17H26N4OS/c18-13(12-1-2-12)9-16(22)21(11-15-20-7-8-23-15)14-10-17(14)3-5-19-6-4-17/h7-8,12-14,19H,1-6,9-11,18H2. The lowest BCUT2D eigenvalue weighted by atomic mass is 9.93. The molecule has 2 unspecified atom stereocenters. The van der Waals surface area contributed by atoms with Crippen molar-refractivity contribution in [3.8, 4) is 0 Å². The van der Waals surface area contributed by atoms with Gasteiger partial charge < -0.3 is 16.0 Å². The Bertz CT molecular complexity index is 551. The van der Waals surface area contributed by atoms with E-state index in [4.69, 9.17) is 5.73 Å². The van der Waals surface area contributed by atoms with Crippen LogP contribution in [-0.4, -0.2) is 41.0 Å². The van der Waals surface area contributed by atoms with Gasteiger partial charge in [0.1, 0.15) is 5.01 Å². The number of hydrogen-bond acceptors (Lipinski definition) is 5. The number of hydrogen-bond donors (Lipinski definition) is 2. The first-order valence-corrected chi connectivity index (χ1v) is 9.70. The third-order valence-corrected chi connectivity index (χ3v) is 6.63. The number of aromatic nitrogens is 1. The Hall–Kier alpha value is -0.980. The first-order valence-electron chi connectivity index (χ1n) is 8.82. The van der Waals surface area contributed by atoms with Crippen molar-refractivity contribution in [2.75, 3.05) is 13.1 Å². The molecule has 2 atom stereocenters. The van der Waals surface area contributed by atoms with Crippen LogP contribution >= 0.6 is 11.3 Å². The Morgan fingerprint density at radius 2 is 2.26 bits per heavy atom. The molecule has 0 aromatic carbocycles. The van der Waals surface area contributed by atoms with Crippen molar-refractivity contribution in [3.05, 3.63) is 16.6 Å². The van der Waals surface area contributed by atoms with Gasteiger partial charge in [0.25, 0.3) is 0 Å². The van der Waals surface area contributed by atoms with Gasteiger partial charge in [-0.15, -0.1) is 11.3 Å². The van der Waals surface area contributed by atoms with E-state index in [9.17, 15) is 4.79 Å². The number of nitrogens with one attached hydrogen (secondary N) is 1. The predicted octanol–water partition coefficient (Wildman–Crippen LogP) is 1.74. The fourth-order valence-electron chi connectivity index (χ4n) is 4.09. The fraction of sp³-hybridized carbons (Fsp3) is 0.765. The molecule has 0 radical (unpaired) electrons. The molecule has 126 valence electrons. The van der Waals surface area contributed by atoms with Gasteiger partial charge in [0, 0.05) is 30.1 Å². The van der Waals surface area contributed by atoms with Crippen LogP contribution in [-0.2, 0) is 11.3 Å². The molecule has 1 amide bonds. The van der Waals surface area contributed by atoms with Gasteiger partial charge in [0.2, 0.25) is 5.91 Å². The lowest BCUT2D eigenvalue weighted by molar-refractivity contribution is -0.133. The Labute approximate surface area is 141 Å². The smallest absolute Gasteiger partial charge is 0.224 e. The summed E-state index contributed by atoms with van der Waals surface area (Å²) in [5.74, 6) is 0.813. The molecular formula is C17H26N4OS. The summed E-state index contributed by atoms with van der Waals surface area (Å²) in [5.41, 5.74) is 6.57. The maximum absolute atomic E-state index is 12.9. The highest BCUT2D eigenvalue weighted by molar-refractivity contribution is 7.09.